The Kier molecular flexibility index (Phi) is 6.13. The fraction of sp³-hybridized carbons (Fsp3) is 0.786. The summed E-state index contributed by atoms with van der Waals surface area (Å²) in [6, 6.07) is -0.577. The molecule has 2 atom stereocenters. The van der Waals surface area contributed by atoms with Gasteiger partial charge in [0.15, 0.2) is 0 Å². The molecule has 0 aromatic carbocycles. The van der Waals surface area contributed by atoms with Gasteiger partial charge >= 0.3 is 0 Å². The minimum atomic E-state index is -0.577. The van der Waals surface area contributed by atoms with Crippen molar-refractivity contribution in [3.8, 4) is 0 Å². The smallest absolute Gasteiger partial charge is 0.249 e. The second-order valence-corrected chi connectivity index (χ2v) is 5.73. The molecule has 0 saturated carbocycles. The normalized spacial score (nSPS) is 21.1. The van der Waals surface area contributed by atoms with E-state index in [4.69, 9.17) is 5.73 Å². The Labute approximate surface area is 120 Å². The van der Waals surface area contributed by atoms with E-state index in [2.05, 4.69) is 19.2 Å². The lowest BCUT2D eigenvalue weighted by Gasteiger charge is -2.32. The summed E-state index contributed by atoms with van der Waals surface area (Å²) < 4.78 is 0. The first-order valence-corrected chi connectivity index (χ1v) is 7.20. The van der Waals surface area contributed by atoms with Crippen molar-refractivity contribution in [3.05, 3.63) is 0 Å². The molecule has 1 aliphatic rings. The van der Waals surface area contributed by atoms with Gasteiger partial charge in [-0.3, -0.25) is 19.7 Å². The zero-order valence-corrected chi connectivity index (χ0v) is 12.5. The number of nitrogens with zero attached hydrogens (tertiary/aromatic N) is 1. The summed E-state index contributed by atoms with van der Waals surface area (Å²) in [5.41, 5.74) is 5.58. The van der Waals surface area contributed by atoms with E-state index < -0.39 is 17.9 Å². The number of amides is 3. The van der Waals surface area contributed by atoms with Crippen molar-refractivity contribution in [2.45, 2.75) is 46.1 Å². The number of rotatable bonds is 6. The van der Waals surface area contributed by atoms with Gasteiger partial charge in [0.05, 0.1) is 0 Å². The predicted octanol–water partition coefficient (Wildman–Crippen LogP) is 0.261. The van der Waals surface area contributed by atoms with Crippen molar-refractivity contribution in [1.29, 1.82) is 0 Å². The predicted molar refractivity (Wildman–Crippen MR) is 75.6 cm³/mol. The first-order chi connectivity index (χ1) is 9.36. The van der Waals surface area contributed by atoms with Crippen LogP contribution in [0, 0.1) is 11.8 Å². The highest BCUT2D eigenvalue weighted by atomic mass is 16.2. The Morgan fingerprint density at radius 1 is 1.40 bits per heavy atom. The minimum absolute atomic E-state index is 0.0328. The van der Waals surface area contributed by atoms with Crippen molar-refractivity contribution in [2.24, 2.45) is 17.6 Å². The number of piperazine rings is 1. The molecule has 3 N–H and O–H groups in total. The molecular weight excluding hydrogens is 258 g/mol. The highest BCUT2D eigenvalue weighted by Crippen LogP contribution is 2.21. The van der Waals surface area contributed by atoms with Gasteiger partial charge in [0.25, 0.3) is 0 Å². The van der Waals surface area contributed by atoms with E-state index in [1.807, 2.05) is 0 Å². The zero-order valence-electron chi connectivity index (χ0n) is 12.5. The molecule has 6 nitrogen and oxygen atoms in total. The largest absolute Gasteiger partial charge is 0.330 e. The number of nitrogens with two attached hydrogens (primary N) is 1. The number of nitrogens with one attached hydrogen (secondary N) is 1. The van der Waals surface area contributed by atoms with Crippen molar-refractivity contribution in [2.75, 3.05) is 13.1 Å². The van der Waals surface area contributed by atoms with Crippen molar-refractivity contribution in [1.82, 2.24) is 10.2 Å². The first-order valence-electron chi connectivity index (χ1n) is 7.20. The molecular formula is C14H25N3O3. The summed E-state index contributed by atoms with van der Waals surface area (Å²) >= 11 is 0. The van der Waals surface area contributed by atoms with Crippen molar-refractivity contribution < 1.29 is 14.4 Å². The van der Waals surface area contributed by atoms with Crippen LogP contribution in [-0.2, 0) is 14.4 Å². The Bertz CT molecular complexity index is 382. The van der Waals surface area contributed by atoms with E-state index >= 15 is 0 Å². The fourth-order valence-corrected chi connectivity index (χ4v) is 2.50. The molecule has 1 aliphatic heterocycles. The van der Waals surface area contributed by atoms with E-state index in [1.54, 1.807) is 6.92 Å². The second kappa shape index (κ2) is 7.38. The number of hydrogen-bond acceptors (Lipinski definition) is 4. The third-order valence-electron chi connectivity index (χ3n) is 3.95. The first kappa shape index (κ1) is 16.6. The summed E-state index contributed by atoms with van der Waals surface area (Å²) in [6.07, 6.45) is 1.99. The molecule has 0 aliphatic carbocycles. The van der Waals surface area contributed by atoms with Crippen LogP contribution < -0.4 is 11.1 Å². The Morgan fingerprint density at radius 3 is 2.60 bits per heavy atom. The highest BCUT2D eigenvalue weighted by Gasteiger charge is 2.33. The Hall–Kier alpha value is -1.43. The molecule has 6 heteroatoms. The summed E-state index contributed by atoms with van der Waals surface area (Å²) in [6.45, 7) is 6.45. The Morgan fingerprint density at radius 2 is 2.05 bits per heavy atom. The number of carbonyl (C=O) groups excluding carboxylic acids is 3. The molecule has 1 heterocycles. The average Bonchev–Trinajstić information content (AvgIpc) is 2.37. The molecule has 0 spiro atoms. The summed E-state index contributed by atoms with van der Waals surface area (Å²) in [5.74, 6) is -0.0900. The van der Waals surface area contributed by atoms with Gasteiger partial charge in [0.1, 0.15) is 12.6 Å². The molecule has 2 unspecified atom stereocenters. The molecule has 1 rings (SSSR count). The quantitative estimate of drug-likeness (QED) is 0.684. The van der Waals surface area contributed by atoms with Crippen LogP contribution in [-0.4, -0.2) is 41.8 Å². The van der Waals surface area contributed by atoms with Gasteiger partial charge in [-0.05, 0) is 38.1 Å². The van der Waals surface area contributed by atoms with E-state index in [9.17, 15) is 14.4 Å². The summed E-state index contributed by atoms with van der Waals surface area (Å²) in [4.78, 5) is 36.4. The topological polar surface area (TPSA) is 92.5 Å². The summed E-state index contributed by atoms with van der Waals surface area (Å²) in [7, 11) is 0. The number of imide groups is 1. The zero-order chi connectivity index (χ0) is 15.3. The van der Waals surface area contributed by atoms with Gasteiger partial charge in [-0.1, -0.05) is 13.8 Å². The van der Waals surface area contributed by atoms with Crippen LogP contribution in [0.4, 0.5) is 0 Å². The van der Waals surface area contributed by atoms with Crippen LogP contribution in [0.5, 0.6) is 0 Å². The van der Waals surface area contributed by atoms with Crippen LogP contribution in [0.25, 0.3) is 0 Å². The molecule has 3 amide bonds. The number of hydrogen-bond donors (Lipinski definition) is 2. The van der Waals surface area contributed by atoms with Crippen LogP contribution in [0.15, 0.2) is 0 Å². The van der Waals surface area contributed by atoms with Gasteiger partial charge in [-0.2, -0.15) is 0 Å². The molecule has 1 fully saturated rings. The second-order valence-electron chi connectivity index (χ2n) is 5.73. The van der Waals surface area contributed by atoms with Crippen molar-refractivity contribution in [3.63, 3.8) is 0 Å². The number of carbonyl (C=O) groups is 3. The van der Waals surface area contributed by atoms with Gasteiger partial charge in [-0.25, -0.2) is 0 Å². The molecule has 1 saturated heterocycles. The fourth-order valence-electron chi connectivity index (χ4n) is 2.50. The van der Waals surface area contributed by atoms with E-state index in [1.165, 1.54) is 4.90 Å². The Balaban J connectivity index is 2.56. The van der Waals surface area contributed by atoms with Crippen LogP contribution >= 0.6 is 0 Å². The van der Waals surface area contributed by atoms with Gasteiger partial charge in [0, 0.05) is 6.42 Å². The lowest BCUT2D eigenvalue weighted by Crippen LogP contribution is -2.58. The van der Waals surface area contributed by atoms with Gasteiger partial charge in [-0.15, -0.1) is 0 Å². The van der Waals surface area contributed by atoms with Gasteiger partial charge in [0.2, 0.25) is 17.7 Å². The third-order valence-corrected chi connectivity index (χ3v) is 3.95. The standard InChI is InChI=1S/C14H25N3O3/c1-9(2)11(6-7-15)4-5-13(19)17-8-12(18)16-14(20)10(17)3/h9-11H,4-8,15H2,1-3H3,(H,16,18,20). The third kappa shape index (κ3) is 4.30. The molecule has 0 radical (unpaired) electrons. The highest BCUT2D eigenvalue weighted by molar-refractivity contribution is 6.04. The maximum Gasteiger partial charge on any atom is 0.249 e. The maximum absolute atomic E-state index is 12.2. The van der Waals surface area contributed by atoms with E-state index in [0.717, 1.165) is 12.8 Å². The molecule has 20 heavy (non-hydrogen) atoms. The average molecular weight is 283 g/mol. The van der Waals surface area contributed by atoms with Crippen LogP contribution in [0.1, 0.15) is 40.0 Å². The molecule has 0 bridgehead atoms. The SMILES string of the molecule is CC(C)C(CCN)CCC(=O)N1CC(=O)NC(=O)C1C. The molecule has 114 valence electrons. The monoisotopic (exact) mass is 283 g/mol. The van der Waals surface area contributed by atoms with Crippen LogP contribution in [0.3, 0.4) is 0 Å². The van der Waals surface area contributed by atoms with Crippen molar-refractivity contribution >= 4 is 17.7 Å². The molecule has 0 aromatic heterocycles. The lowest BCUT2D eigenvalue weighted by atomic mass is 9.88. The maximum atomic E-state index is 12.2. The van der Waals surface area contributed by atoms with Crippen LogP contribution in [0.2, 0.25) is 0 Å². The van der Waals surface area contributed by atoms with E-state index in [0.29, 0.717) is 24.8 Å². The summed E-state index contributed by atoms with van der Waals surface area (Å²) in [5, 5.41) is 2.23. The lowest BCUT2D eigenvalue weighted by molar-refractivity contribution is -0.149. The van der Waals surface area contributed by atoms with Gasteiger partial charge < -0.3 is 10.6 Å². The van der Waals surface area contributed by atoms with E-state index in [-0.39, 0.29) is 12.5 Å². The minimum Gasteiger partial charge on any atom is -0.330 e. The molecule has 0 aromatic rings.